The first-order valence-corrected chi connectivity index (χ1v) is 9.79. The summed E-state index contributed by atoms with van der Waals surface area (Å²) in [4.78, 5) is 9.48. The fraction of sp³-hybridized carbons (Fsp3) is 0.273. The molecule has 1 aliphatic carbocycles. The van der Waals surface area contributed by atoms with Crippen LogP contribution in [-0.4, -0.2) is 20.7 Å². The molecule has 1 saturated carbocycles. The summed E-state index contributed by atoms with van der Waals surface area (Å²) in [5, 5.41) is 11.5. The van der Waals surface area contributed by atoms with E-state index in [4.69, 9.17) is 28.1 Å². The van der Waals surface area contributed by atoms with Gasteiger partial charge < -0.3 is 16.6 Å². The van der Waals surface area contributed by atoms with Gasteiger partial charge in [-0.1, -0.05) is 29.8 Å². The van der Waals surface area contributed by atoms with Gasteiger partial charge in [-0.2, -0.15) is 0 Å². The predicted octanol–water partition coefficient (Wildman–Crippen LogP) is 4.43. The number of benzene rings is 2. The lowest BCUT2D eigenvalue weighted by molar-refractivity contribution is 0.279. The summed E-state index contributed by atoms with van der Waals surface area (Å²) in [6, 6.07) is 12.8. The van der Waals surface area contributed by atoms with E-state index in [1.165, 1.54) is 0 Å². The molecule has 5 nitrogen and oxygen atoms in total. The van der Waals surface area contributed by atoms with E-state index in [1.807, 2.05) is 42.5 Å². The highest BCUT2D eigenvalue weighted by Crippen LogP contribution is 2.37. The second kappa shape index (κ2) is 7.51. The molecule has 0 amide bonds. The lowest BCUT2D eigenvalue weighted by Crippen LogP contribution is -2.51. The average molecular weight is 395 g/mol. The van der Waals surface area contributed by atoms with Crippen molar-refractivity contribution < 1.29 is 5.11 Å². The SMILES string of the molecule is NC1(N)CCC(c2nc(C=Cc3ccc(Cl)cc3)nc3ccc(O)cc23)CC1. The Morgan fingerprint density at radius 1 is 1.00 bits per heavy atom. The van der Waals surface area contributed by atoms with E-state index in [0.29, 0.717) is 10.8 Å². The van der Waals surface area contributed by atoms with Crippen LogP contribution in [0, 0.1) is 0 Å². The predicted molar refractivity (Wildman–Crippen MR) is 114 cm³/mol. The third-order valence-corrected chi connectivity index (χ3v) is 5.58. The quantitative estimate of drug-likeness (QED) is 0.571. The Hall–Kier alpha value is -2.47. The Balaban J connectivity index is 1.72. The van der Waals surface area contributed by atoms with Gasteiger partial charge in [-0.15, -0.1) is 0 Å². The fourth-order valence-electron chi connectivity index (χ4n) is 3.72. The van der Waals surface area contributed by atoms with Crippen LogP contribution >= 0.6 is 11.6 Å². The lowest BCUT2D eigenvalue weighted by Gasteiger charge is -2.34. The molecule has 5 N–H and O–H groups in total. The Kier molecular flexibility index (Phi) is 5.06. The van der Waals surface area contributed by atoms with Crippen LogP contribution in [0.15, 0.2) is 42.5 Å². The van der Waals surface area contributed by atoms with E-state index in [-0.39, 0.29) is 11.7 Å². The molecule has 2 aromatic carbocycles. The first kappa shape index (κ1) is 18.9. The van der Waals surface area contributed by atoms with Crippen LogP contribution in [0.5, 0.6) is 5.75 Å². The molecule has 0 saturated heterocycles. The molecule has 1 aliphatic rings. The van der Waals surface area contributed by atoms with Crippen molar-refractivity contribution in [2.75, 3.05) is 0 Å². The number of aromatic hydroxyl groups is 1. The summed E-state index contributed by atoms with van der Waals surface area (Å²) in [6.45, 7) is 0. The Morgan fingerprint density at radius 2 is 1.71 bits per heavy atom. The van der Waals surface area contributed by atoms with E-state index in [1.54, 1.807) is 12.1 Å². The minimum absolute atomic E-state index is 0.213. The maximum atomic E-state index is 9.96. The molecule has 1 heterocycles. The van der Waals surface area contributed by atoms with E-state index < -0.39 is 5.66 Å². The summed E-state index contributed by atoms with van der Waals surface area (Å²) in [5.41, 5.74) is 14.4. The molecule has 0 spiro atoms. The number of nitrogens with zero attached hydrogens (tertiary/aromatic N) is 2. The Morgan fingerprint density at radius 3 is 2.43 bits per heavy atom. The zero-order valence-electron chi connectivity index (χ0n) is 15.5. The van der Waals surface area contributed by atoms with Crippen molar-refractivity contribution in [2.45, 2.75) is 37.3 Å². The fourth-order valence-corrected chi connectivity index (χ4v) is 3.84. The molecule has 0 atom stereocenters. The van der Waals surface area contributed by atoms with E-state index >= 15 is 0 Å². The monoisotopic (exact) mass is 394 g/mol. The van der Waals surface area contributed by atoms with Gasteiger partial charge in [0.1, 0.15) is 5.75 Å². The molecule has 0 bridgehead atoms. The normalized spacial score (nSPS) is 17.4. The molecule has 4 rings (SSSR count). The Bertz CT molecular complexity index is 1020. The molecule has 0 aliphatic heterocycles. The summed E-state index contributed by atoms with van der Waals surface area (Å²) in [5.74, 6) is 1.10. The topological polar surface area (TPSA) is 98.1 Å². The van der Waals surface area contributed by atoms with Gasteiger partial charge in [0.2, 0.25) is 0 Å². The standard InChI is InChI=1S/C22H23ClN4O/c23-16-4-1-14(2-5-16)3-8-20-26-19-7-6-17(28)13-18(19)21(27-20)15-9-11-22(24,25)12-10-15/h1-8,13,15,28H,9-12,24-25H2. The summed E-state index contributed by atoms with van der Waals surface area (Å²) in [7, 11) is 0. The first-order chi connectivity index (χ1) is 13.4. The minimum atomic E-state index is -0.598. The number of fused-ring (bicyclic) bond motifs is 1. The number of aromatic nitrogens is 2. The number of halogens is 1. The minimum Gasteiger partial charge on any atom is -0.508 e. The second-order valence-electron chi connectivity index (χ2n) is 7.56. The van der Waals surface area contributed by atoms with E-state index in [9.17, 15) is 5.11 Å². The van der Waals surface area contributed by atoms with Gasteiger partial charge in [-0.3, -0.25) is 0 Å². The maximum Gasteiger partial charge on any atom is 0.152 e. The van der Waals surface area contributed by atoms with Gasteiger partial charge in [0.25, 0.3) is 0 Å². The summed E-state index contributed by atoms with van der Waals surface area (Å²) in [6.07, 6.45) is 7.10. The molecule has 0 unspecified atom stereocenters. The number of hydrogen-bond donors (Lipinski definition) is 3. The van der Waals surface area contributed by atoms with Crippen LogP contribution in [0.1, 0.15) is 48.7 Å². The van der Waals surface area contributed by atoms with Gasteiger partial charge in [0, 0.05) is 16.3 Å². The molecular weight excluding hydrogens is 372 g/mol. The third-order valence-electron chi connectivity index (χ3n) is 5.32. The van der Waals surface area contributed by atoms with Crippen LogP contribution in [0.25, 0.3) is 23.1 Å². The lowest BCUT2D eigenvalue weighted by atomic mass is 9.80. The second-order valence-corrected chi connectivity index (χ2v) is 8.00. The van der Waals surface area contributed by atoms with Gasteiger partial charge in [0.05, 0.1) is 16.9 Å². The van der Waals surface area contributed by atoms with Crippen LogP contribution < -0.4 is 11.5 Å². The van der Waals surface area contributed by atoms with Gasteiger partial charge in [-0.05, 0) is 67.7 Å². The highest BCUT2D eigenvalue weighted by Gasteiger charge is 2.30. The number of rotatable bonds is 3. The molecule has 1 aromatic heterocycles. The summed E-state index contributed by atoms with van der Waals surface area (Å²) >= 11 is 5.95. The molecule has 28 heavy (non-hydrogen) atoms. The van der Waals surface area contributed by atoms with Gasteiger partial charge in [0.15, 0.2) is 5.82 Å². The maximum absolute atomic E-state index is 9.96. The van der Waals surface area contributed by atoms with Crippen LogP contribution in [0.2, 0.25) is 5.02 Å². The van der Waals surface area contributed by atoms with E-state index in [0.717, 1.165) is 47.8 Å². The van der Waals surface area contributed by atoms with Crippen molar-refractivity contribution in [3.05, 3.63) is 64.6 Å². The van der Waals surface area contributed by atoms with Crippen LogP contribution in [-0.2, 0) is 0 Å². The third kappa shape index (κ3) is 4.17. The molecule has 144 valence electrons. The zero-order valence-corrected chi connectivity index (χ0v) is 16.2. The van der Waals surface area contributed by atoms with Gasteiger partial charge in [-0.25, -0.2) is 9.97 Å². The van der Waals surface area contributed by atoms with Crippen molar-refractivity contribution in [1.82, 2.24) is 9.97 Å². The molecular formula is C22H23ClN4O. The molecule has 3 aromatic rings. The highest BCUT2D eigenvalue weighted by molar-refractivity contribution is 6.30. The molecule has 0 radical (unpaired) electrons. The number of nitrogens with two attached hydrogens (primary N) is 2. The number of phenols is 1. The first-order valence-electron chi connectivity index (χ1n) is 9.42. The number of phenolic OH excluding ortho intramolecular Hbond substituents is 1. The van der Waals surface area contributed by atoms with Crippen molar-refractivity contribution in [1.29, 1.82) is 0 Å². The van der Waals surface area contributed by atoms with E-state index in [2.05, 4.69) is 4.98 Å². The summed E-state index contributed by atoms with van der Waals surface area (Å²) < 4.78 is 0. The average Bonchev–Trinajstić information content (AvgIpc) is 2.67. The Labute approximate surface area is 169 Å². The largest absolute Gasteiger partial charge is 0.508 e. The van der Waals surface area contributed by atoms with Crippen molar-refractivity contribution in [3.8, 4) is 5.75 Å². The van der Waals surface area contributed by atoms with Crippen LogP contribution in [0.4, 0.5) is 0 Å². The van der Waals surface area contributed by atoms with Crippen molar-refractivity contribution in [3.63, 3.8) is 0 Å². The van der Waals surface area contributed by atoms with Crippen LogP contribution in [0.3, 0.4) is 0 Å². The number of hydrogen-bond acceptors (Lipinski definition) is 5. The van der Waals surface area contributed by atoms with Crippen molar-refractivity contribution in [2.24, 2.45) is 11.5 Å². The highest BCUT2D eigenvalue weighted by atomic mass is 35.5. The smallest absolute Gasteiger partial charge is 0.152 e. The molecule has 6 heteroatoms. The van der Waals surface area contributed by atoms with Crippen molar-refractivity contribution >= 4 is 34.7 Å². The van der Waals surface area contributed by atoms with Gasteiger partial charge >= 0.3 is 0 Å². The molecule has 1 fully saturated rings. The zero-order chi connectivity index (χ0) is 19.7.